The van der Waals surface area contributed by atoms with Crippen molar-refractivity contribution in [1.82, 2.24) is 10.2 Å². The molecule has 4 rings (SSSR count). The van der Waals surface area contributed by atoms with Crippen LogP contribution >= 0.6 is 12.2 Å². The fourth-order valence-electron chi connectivity index (χ4n) is 2.77. The first kappa shape index (κ1) is 17.6. The van der Waals surface area contributed by atoms with Crippen LogP contribution in [0.4, 0.5) is 5.69 Å². The third-order valence-corrected chi connectivity index (χ3v) is 4.41. The zero-order valence-corrected chi connectivity index (χ0v) is 14.9. The monoisotopic (exact) mass is 397 g/mol. The molecule has 1 fully saturated rings. The average molecular weight is 397 g/mol. The Morgan fingerprint density at radius 1 is 1.18 bits per heavy atom. The predicted octanol–water partition coefficient (Wildman–Crippen LogP) is 2.22. The van der Waals surface area contributed by atoms with E-state index < -0.39 is 16.7 Å². The van der Waals surface area contributed by atoms with E-state index in [4.69, 9.17) is 21.7 Å². The molecule has 140 valence electrons. The van der Waals surface area contributed by atoms with Crippen LogP contribution in [0, 0.1) is 10.1 Å². The summed E-state index contributed by atoms with van der Waals surface area (Å²) in [5.74, 6) is -0.111. The van der Waals surface area contributed by atoms with Crippen molar-refractivity contribution in [3.8, 4) is 11.5 Å². The molecule has 0 radical (unpaired) electrons. The lowest BCUT2D eigenvalue weighted by molar-refractivity contribution is -0.384. The summed E-state index contributed by atoms with van der Waals surface area (Å²) in [5, 5.41) is 13.1. The highest BCUT2D eigenvalue weighted by Crippen LogP contribution is 2.33. The number of carbonyl (C=O) groups is 2. The topological polar surface area (TPSA) is 111 Å². The number of amides is 2. The van der Waals surface area contributed by atoms with Crippen LogP contribution in [0.1, 0.15) is 15.9 Å². The number of benzene rings is 2. The number of nitro benzene ring substituents is 1. The Hall–Kier alpha value is -3.79. The van der Waals surface area contributed by atoms with Crippen molar-refractivity contribution in [3.63, 3.8) is 0 Å². The van der Waals surface area contributed by atoms with Crippen molar-refractivity contribution in [3.05, 3.63) is 69.4 Å². The quantitative estimate of drug-likeness (QED) is 0.366. The zero-order valence-electron chi connectivity index (χ0n) is 14.1. The largest absolute Gasteiger partial charge is 0.454 e. The van der Waals surface area contributed by atoms with Crippen molar-refractivity contribution in [2.24, 2.45) is 0 Å². The molecule has 2 aromatic carbocycles. The van der Waals surface area contributed by atoms with E-state index in [1.54, 1.807) is 12.1 Å². The second-order valence-electron chi connectivity index (χ2n) is 5.85. The number of thiocarbonyl (C=S) groups is 1. The van der Waals surface area contributed by atoms with E-state index in [1.807, 2.05) is 0 Å². The fourth-order valence-corrected chi connectivity index (χ4v) is 3.04. The van der Waals surface area contributed by atoms with Gasteiger partial charge in [0.2, 0.25) is 6.79 Å². The molecule has 2 amide bonds. The van der Waals surface area contributed by atoms with Gasteiger partial charge in [0.25, 0.3) is 17.5 Å². The average Bonchev–Trinajstić information content (AvgIpc) is 3.25. The van der Waals surface area contributed by atoms with Crippen LogP contribution in [0.5, 0.6) is 11.5 Å². The van der Waals surface area contributed by atoms with Gasteiger partial charge in [-0.25, -0.2) is 4.90 Å². The fraction of sp³-hybridized carbons (Fsp3) is 0.0556. The maximum Gasteiger partial charge on any atom is 0.274 e. The van der Waals surface area contributed by atoms with Crippen LogP contribution in [-0.2, 0) is 4.79 Å². The molecule has 1 saturated heterocycles. The van der Waals surface area contributed by atoms with Crippen molar-refractivity contribution >= 4 is 40.9 Å². The smallest absolute Gasteiger partial charge is 0.274 e. The van der Waals surface area contributed by atoms with E-state index in [1.165, 1.54) is 36.4 Å². The molecule has 0 atom stereocenters. The lowest BCUT2D eigenvalue weighted by Crippen LogP contribution is -2.33. The van der Waals surface area contributed by atoms with Gasteiger partial charge < -0.3 is 9.47 Å². The molecule has 28 heavy (non-hydrogen) atoms. The Morgan fingerprint density at radius 2 is 1.89 bits per heavy atom. The van der Waals surface area contributed by atoms with E-state index in [2.05, 4.69) is 5.32 Å². The van der Waals surface area contributed by atoms with Gasteiger partial charge in [-0.3, -0.25) is 25.0 Å². The number of carbonyl (C=O) groups excluding carboxylic acids is 2. The molecule has 0 aromatic heterocycles. The van der Waals surface area contributed by atoms with Crippen molar-refractivity contribution in [1.29, 1.82) is 0 Å². The number of fused-ring (bicyclic) bond motifs is 1. The van der Waals surface area contributed by atoms with Crippen molar-refractivity contribution < 1.29 is 24.0 Å². The summed E-state index contributed by atoms with van der Waals surface area (Å²) < 4.78 is 10.5. The van der Waals surface area contributed by atoms with Crippen molar-refractivity contribution in [2.75, 3.05) is 6.79 Å². The number of nitrogens with zero attached hydrogens (tertiary/aromatic N) is 2. The minimum Gasteiger partial charge on any atom is -0.454 e. The first-order valence-corrected chi connectivity index (χ1v) is 8.40. The van der Waals surface area contributed by atoms with E-state index in [0.29, 0.717) is 17.1 Å². The van der Waals surface area contributed by atoms with Crippen LogP contribution in [0.15, 0.2) is 48.2 Å². The Kier molecular flexibility index (Phi) is 4.24. The van der Waals surface area contributed by atoms with Gasteiger partial charge in [0.1, 0.15) is 5.70 Å². The van der Waals surface area contributed by atoms with Crippen molar-refractivity contribution in [2.45, 2.75) is 0 Å². The van der Waals surface area contributed by atoms with E-state index in [-0.39, 0.29) is 28.9 Å². The molecule has 0 bridgehead atoms. The molecule has 0 saturated carbocycles. The summed E-state index contributed by atoms with van der Waals surface area (Å²) in [7, 11) is 0. The Balaban J connectivity index is 1.68. The van der Waals surface area contributed by atoms with E-state index in [9.17, 15) is 19.7 Å². The summed E-state index contributed by atoms with van der Waals surface area (Å²) >= 11 is 5.13. The number of nitrogens with one attached hydrogen (secondary N) is 1. The van der Waals surface area contributed by atoms with E-state index >= 15 is 0 Å². The minimum absolute atomic E-state index is 0.0153. The summed E-state index contributed by atoms with van der Waals surface area (Å²) in [4.78, 5) is 36.6. The maximum absolute atomic E-state index is 13.0. The molecule has 2 aliphatic heterocycles. The van der Waals surface area contributed by atoms with Gasteiger partial charge in [-0.05, 0) is 54.2 Å². The minimum atomic E-state index is -0.544. The number of rotatable bonds is 3. The molecular formula is C18H11N3O6S. The molecule has 2 aromatic rings. The van der Waals surface area contributed by atoms with E-state index in [0.717, 1.165) is 4.90 Å². The van der Waals surface area contributed by atoms with Crippen LogP contribution in [-0.4, -0.2) is 33.5 Å². The highest BCUT2D eigenvalue weighted by Gasteiger charge is 2.36. The number of hydrogen-bond donors (Lipinski definition) is 1. The highest BCUT2D eigenvalue weighted by atomic mass is 32.1. The summed E-state index contributed by atoms with van der Waals surface area (Å²) in [5.41, 5.74) is 0.699. The van der Waals surface area contributed by atoms with Gasteiger partial charge in [-0.1, -0.05) is 0 Å². The SMILES string of the molecule is O=C1NC(=S)N(C(=O)c2ccc3c(c2)OCO3)/C1=C\c1ccc([N+](=O)[O-])cc1. The molecule has 10 heteroatoms. The normalized spacial score (nSPS) is 16.4. The van der Waals surface area contributed by atoms with Crippen LogP contribution < -0.4 is 14.8 Å². The third-order valence-electron chi connectivity index (χ3n) is 4.13. The van der Waals surface area contributed by atoms with Gasteiger partial charge in [-0.2, -0.15) is 0 Å². The lowest BCUT2D eigenvalue weighted by Gasteiger charge is -2.15. The molecule has 1 N–H and O–H groups in total. The highest BCUT2D eigenvalue weighted by molar-refractivity contribution is 7.80. The second-order valence-corrected chi connectivity index (χ2v) is 6.23. The molecule has 0 aliphatic carbocycles. The second kappa shape index (κ2) is 6.74. The standard InChI is InChI=1S/C18H11N3O6S/c22-16-13(7-10-1-4-12(5-2-10)21(24)25)20(18(28)19-16)17(23)11-3-6-14-15(8-11)27-9-26-14/h1-8H,9H2,(H,19,22,28)/b13-7-. The summed E-state index contributed by atoms with van der Waals surface area (Å²) in [6.45, 7) is 0.0699. The molecule has 0 spiro atoms. The van der Waals surface area contributed by atoms with Gasteiger partial charge in [0, 0.05) is 17.7 Å². The van der Waals surface area contributed by atoms with Crippen LogP contribution in [0.3, 0.4) is 0 Å². The number of non-ortho nitro benzene ring substituents is 1. The number of ether oxygens (including phenoxy) is 2. The molecule has 9 nitrogen and oxygen atoms in total. The first-order chi connectivity index (χ1) is 13.4. The predicted molar refractivity (Wildman–Crippen MR) is 101 cm³/mol. The molecule has 2 heterocycles. The lowest BCUT2D eigenvalue weighted by atomic mass is 10.1. The summed E-state index contributed by atoms with van der Waals surface area (Å²) in [6, 6.07) is 10.2. The maximum atomic E-state index is 13.0. The Labute approximate surface area is 163 Å². The Morgan fingerprint density at radius 3 is 2.61 bits per heavy atom. The third kappa shape index (κ3) is 3.05. The van der Waals surface area contributed by atoms with Gasteiger partial charge in [-0.15, -0.1) is 0 Å². The van der Waals surface area contributed by atoms with Crippen LogP contribution in [0.25, 0.3) is 6.08 Å². The molecular weight excluding hydrogens is 386 g/mol. The number of hydrogen-bond acceptors (Lipinski definition) is 7. The zero-order chi connectivity index (χ0) is 19.8. The van der Waals surface area contributed by atoms with Gasteiger partial charge in [0.05, 0.1) is 4.92 Å². The molecule has 0 unspecified atom stereocenters. The number of nitro groups is 1. The van der Waals surface area contributed by atoms with Gasteiger partial charge in [0.15, 0.2) is 16.6 Å². The Bertz CT molecular complexity index is 1060. The summed E-state index contributed by atoms with van der Waals surface area (Å²) in [6.07, 6.45) is 1.43. The van der Waals surface area contributed by atoms with Gasteiger partial charge >= 0.3 is 0 Å². The van der Waals surface area contributed by atoms with Crippen LogP contribution in [0.2, 0.25) is 0 Å². The molecule has 2 aliphatic rings. The first-order valence-electron chi connectivity index (χ1n) is 7.99.